The normalized spacial score (nSPS) is 13.3. The van der Waals surface area contributed by atoms with Gasteiger partial charge in [0.2, 0.25) is 5.91 Å². The SMILES string of the molecule is CCC(OCCOCC(=O)NCC#CC(C)C)SSC(CC)OCC(C)C. The zero-order valence-electron chi connectivity index (χ0n) is 17.7. The third kappa shape index (κ3) is 17.4. The molecule has 2 atom stereocenters. The van der Waals surface area contributed by atoms with E-state index in [-0.39, 0.29) is 23.4 Å². The van der Waals surface area contributed by atoms with E-state index in [2.05, 4.69) is 44.9 Å². The molecule has 7 heteroatoms. The Bertz CT molecular complexity index is 435. The molecule has 1 amide bonds. The van der Waals surface area contributed by atoms with Crippen LogP contribution in [0.5, 0.6) is 0 Å². The van der Waals surface area contributed by atoms with E-state index >= 15 is 0 Å². The van der Waals surface area contributed by atoms with Gasteiger partial charge in [-0.3, -0.25) is 4.79 Å². The van der Waals surface area contributed by atoms with Gasteiger partial charge in [-0.25, -0.2) is 0 Å². The molecule has 0 saturated heterocycles. The largest absolute Gasteiger partial charge is 0.369 e. The molecular weight excluding hydrogens is 382 g/mol. The van der Waals surface area contributed by atoms with Gasteiger partial charge in [0.15, 0.2) is 0 Å². The first kappa shape index (κ1) is 26.6. The topological polar surface area (TPSA) is 56.8 Å². The summed E-state index contributed by atoms with van der Waals surface area (Å²) < 4.78 is 17.1. The number of rotatable bonds is 15. The first-order valence-electron chi connectivity index (χ1n) is 9.77. The van der Waals surface area contributed by atoms with Gasteiger partial charge in [-0.15, -0.1) is 0 Å². The van der Waals surface area contributed by atoms with E-state index in [1.807, 2.05) is 13.8 Å². The maximum Gasteiger partial charge on any atom is 0.246 e. The highest BCUT2D eigenvalue weighted by atomic mass is 33.1. The molecule has 0 aliphatic rings. The van der Waals surface area contributed by atoms with Crippen LogP contribution in [0.2, 0.25) is 0 Å². The molecule has 2 unspecified atom stereocenters. The number of carbonyl (C=O) groups excluding carboxylic acids is 1. The second-order valence-corrected chi connectivity index (χ2v) is 9.36. The van der Waals surface area contributed by atoms with Crippen LogP contribution in [0, 0.1) is 23.7 Å². The summed E-state index contributed by atoms with van der Waals surface area (Å²) in [7, 11) is 3.44. The van der Waals surface area contributed by atoms with Gasteiger partial charge in [0.25, 0.3) is 0 Å². The van der Waals surface area contributed by atoms with Gasteiger partial charge in [-0.05, 0) is 18.8 Å². The quantitative estimate of drug-likeness (QED) is 0.185. The number of ether oxygens (including phenoxy) is 3. The minimum atomic E-state index is -0.155. The fraction of sp³-hybridized carbons (Fsp3) is 0.850. The van der Waals surface area contributed by atoms with Crippen molar-refractivity contribution in [3.05, 3.63) is 0 Å². The van der Waals surface area contributed by atoms with Crippen molar-refractivity contribution in [1.82, 2.24) is 5.32 Å². The predicted octanol–water partition coefficient (Wildman–Crippen LogP) is 4.32. The van der Waals surface area contributed by atoms with Gasteiger partial charge in [0.1, 0.15) is 17.5 Å². The monoisotopic (exact) mass is 419 g/mol. The Morgan fingerprint density at radius 2 is 1.63 bits per heavy atom. The molecule has 0 aromatic heterocycles. The lowest BCUT2D eigenvalue weighted by atomic mass is 10.2. The Morgan fingerprint density at radius 1 is 1.00 bits per heavy atom. The zero-order valence-corrected chi connectivity index (χ0v) is 19.3. The molecule has 0 fully saturated rings. The molecular formula is C20H37NO4S2. The highest BCUT2D eigenvalue weighted by Crippen LogP contribution is 2.35. The van der Waals surface area contributed by atoms with Crippen molar-refractivity contribution in [3.63, 3.8) is 0 Å². The highest BCUT2D eigenvalue weighted by molar-refractivity contribution is 8.77. The number of amides is 1. The Labute approximate surface area is 173 Å². The van der Waals surface area contributed by atoms with Crippen LogP contribution < -0.4 is 5.32 Å². The van der Waals surface area contributed by atoms with Crippen molar-refractivity contribution in [2.75, 3.05) is 33.0 Å². The molecule has 0 heterocycles. The van der Waals surface area contributed by atoms with E-state index in [4.69, 9.17) is 14.2 Å². The molecule has 0 bridgehead atoms. The predicted molar refractivity (Wildman–Crippen MR) is 117 cm³/mol. The van der Waals surface area contributed by atoms with E-state index in [0.29, 0.717) is 31.6 Å². The average molecular weight is 420 g/mol. The molecule has 0 saturated carbocycles. The molecule has 5 nitrogen and oxygen atoms in total. The van der Waals surface area contributed by atoms with Gasteiger partial charge >= 0.3 is 0 Å². The Morgan fingerprint density at radius 3 is 2.19 bits per heavy atom. The fourth-order valence-corrected chi connectivity index (χ4v) is 4.40. The van der Waals surface area contributed by atoms with Crippen LogP contribution in [0.3, 0.4) is 0 Å². The van der Waals surface area contributed by atoms with Crippen LogP contribution in [0.4, 0.5) is 0 Å². The van der Waals surface area contributed by atoms with Crippen LogP contribution >= 0.6 is 21.6 Å². The molecule has 0 rings (SSSR count). The summed E-state index contributed by atoms with van der Waals surface area (Å²) in [6.45, 7) is 14.6. The Kier molecular flexibility index (Phi) is 17.4. The summed E-state index contributed by atoms with van der Waals surface area (Å²) in [5.41, 5.74) is 0.282. The summed E-state index contributed by atoms with van der Waals surface area (Å²) in [4.78, 5) is 11.6. The van der Waals surface area contributed by atoms with Gasteiger partial charge in [0.05, 0.1) is 26.4 Å². The zero-order chi connectivity index (χ0) is 20.5. The van der Waals surface area contributed by atoms with Crippen molar-refractivity contribution in [2.24, 2.45) is 11.8 Å². The first-order chi connectivity index (χ1) is 12.9. The summed E-state index contributed by atoms with van der Waals surface area (Å²) in [6, 6.07) is 0. The summed E-state index contributed by atoms with van der Waals surface area (Å²) in [5, 5.41) is 2.71. The lowest BCUT2D eigenvalue weighted by Gasteiger charge is -2.20. The van der Waals surface area contributed by atoms with Gasteiger partial charge in [-0.2, -0.15) is 0 Å². The minimum Gasteiger partial charge on any atom is -0.369 e. The van der Waals surface area contributed by atoms with E-state index in [0.717, 1.165) is 19.4 Å². The maximum absolute atomic E-state index is 11.6. The third-order valence-electron chi connectivity index (χ3n) is 3.08. The molecule has 0 aliphatic carbocycles. The van der Waals surface area contributed by atoms with E-state index in [1.54, 1.807) is 21.6 Å². The summed E-state index contributed by atoms with van der Waals surface area (Å²) >= 11 is 0. The smallest absolute Gasteiger partial charge is 0.246 e. The van der Waals surface area contributed by atoms with E-state index in [9.17, 15) is 4.79 Å². The average Bonchev–Trinajstić information content (AvgIpc) is 2.62. The van der Waals surface area contributed by atoms with Crippen molar-refractivity contribution in [3.8, 4) is 11.8 Å². The van der Waals surface area contributed by atoms with Crippen LogP contribution in [0.1, 0.15) is 54.4 Å². The summed E-state index contributed by atoms with van der Waals surface area (Å²) in [5.74, 6) is 6.60. The number of nitrogens with one attached hydrogen (secondary N) is 1. The van der Waals surface area contributed by atoms with Gasteiger partial charge in [-0.1, -0.05) is 75.0 Å². The first-order valence-corrected chi connectivity index (χ1v) is 12.0. The molecule has 0 aliphatic heterocycles. The van der Waals surface area contributed by atoms with Crippen LogP contribution in [0.25, 0.3) is 0 Å². The van der Waals surface area contributed by atoms with E-state index in [1.165, 1.54) is 0 Å². The Hall–Kier alpha value is -0.390. The van der Waals surface area contributed by atoms with Crippen LogP contribution in [0.15, 0.2) is 0 Å². The summed E-state index contributed by atoms with van der Waals surface area (Å²) in [6.07, 6.45) is 1.88. The van der Waals surface area contributed by atoms with Crippen LogP contribution in [-0.4, -0.2) is 49.8 Å². The van der Waals surface area contributed by atoms with Gasteiger partial charge < -0.3 is 19.5 Å². The second kappa shape index (κ2) is 17.7. The van der Waals surface area contributed by atoms with Gasteiger partial charge in [0, 0.05) is 5.92 Å². The highest BCUT2D eigenvalue weighted by Gasteiger charge is 2.14. The lowest BCUT2D eigenvalue weighted by Crippen LogP contribution is -2.28. The molecule has 0 spiro atoms. The van der Waals surface area contributed by atoms with Crippen molar-refractivity contribution in [2.45, 2.75) is 65.3 Å². The second-order valence-electron chi connectivity index (χ2n) is 6.77. The van der Waals surface area contributed by atoms with E-state index < -0.39 is 0 Å². The lowest BCUT2D eigenvalue weighted by molar-refractivity contribution is -0.126. The maximum atomic E-state index is 11.6. The Balaban J connectivity index is 3.81. The molecule has 0 aromatic carbocycles. The minimum absolute atomic E-state index is 0.0341. The number of hydrogen-bond donors (Lipinski definition) is 1. The molecule has 0 aromatic rings. The number of hydrogen-bond acceptors (Lipinski definition) is 6. The molecule has 1 N–H and O–H groups in total. The molecule has 158 valence electrons. The third-order valence-corrected chi connectivity index (χ3v) is 6.18. The van der Waals surface area contributed by atoms with Crippen molar-refractivity contribution in [1.29, 1.82) is 0 Å². The molecule has 0 radical (unpaired) electrons. The standard InChI is InChI=1S/C20H37NO4S2/c1-7-19(26-27-20(8-2)25-14-17(5)6)24-13-12-23-15-18(22)21-11-9-10-16(3)4/h16-17,19-20H,7-8,11-15H2,1-6H3,(H,21,22). The number of carbonyl (C=O) groups is 1. The van der Waals surface area contributed by atoms with Crippen molar-refractivity contribution < 1.29 is 19.0 Å². The molecule has 27 heavy (non-hydrogen) atoms. The van der Waals surface area contributed by atoms with Crippen LogP contribution in [-0.2, 0) is 19.0 Å². The fourth-order valence-electron chi connectivity index (χ4n) is 1.70. The van der Waals surface area contributed by atoms with Crippen molar-refractivity contribution >= 4 is 27.5 Å².